The summed E-state index contributed by atoms with van der Waals surface area (Å²) in [6, 6.07) is 2.15. The summed E-state index contributed by atoms with van der Waals surface area (Å²) in [5, 5.41) is 1.23. The van der Waals surface area contributed by atoms with Gasteiger partial charge >= 0.3 is 0 Å². The normalized spacial score (nSPS) is 16.8. The van der Waals surface area contributed by atoms with E-state index in [0.717, 1.165) is 17.9 Å². The summed E-state index contributed by atoms with van der Waals surface area (Å²) in [5.74, 6) is 1.52. The van der Waals surface area contributed by atoms with Crippen LogP contribution in [0.3, 0.4) is 0 Å². The summed E-state index contributed by atoms with van der Waals surface area (Å²) in [4.78, 5) is 9.41. The van der Waals surface area contributed by atoms with Crippen molar-refractivity contribution in [3.63, 3.8) is 0 Å². The fourth-order valence-electron chi connectivity index (χ4n) is 2.96. The van der Waals surface area contributed by atoms with Crippen LogP contribution in [0, 0.1) is 0 Å². The summed E-state index contributed by atoms with van der Waals surface area (Å²) >= 11 is 0. The maximum absolute atomic E-state index is 5.63. The van der Waals surface area contributed by atoms with Gasteiger partial charge in [0.05, 0.1) is 5.69 Å². The Bertz CT molecular complexity index is 552. The first-order valence-corrected chi connectivity index (χ1v) is 6.81. The Balaban J connectivity index is 2.14. The summed E-state index contributed by atoms with van der Waals surface area (Å²) in [6.07, 6.45) is 8.03. The van der Waals surface area contributed by atoms with E-state index < -0.39 is 0 Å². The molecule has 0 saturated heterocycles. The molecule has 3 rings (SSSR count). The third-order valence-corrected chi connectivity index (χ3v) is 3.91. The minimum atomic E-state index is 0.611. The van der Waals surface area contributed by atoms with Gasteiger partial charge in [-0.25, -0.2) is 9.97 Å². The molecule has 0 spiro atoms. The third-order valence-electron chi connectivity index (χ3n) is 3.91. The molecule has 1 aliphatic rings. The summed E-state index contributed by atoms with van der Waals surface area (Å²) < 4.78 is 2.08. The third kappa shape index (κ3) is 1.90. The highest BCUT2D eigenvalue weighted by Gasteiger charge is 2.22. The first kappa shape index (κ1) is 11.7. The molecule has 4 nitrogen and oxygen atoms in total. The zero-order chi connectivity index (χ0) is 12.5. The first-order valence-electron chi connectivity index (χ1n) is 6.81. The molecule has 0 bridgehead atoms. The van der Waals surface area contributed by atoms with Gasteiger partial charge in [-0.1, -0.05) is 12.8 Å². The van der Waals surface area contributed by atoms with Crippen LogP contribution in [0.1, 0.15) is 43.1 Å². The molecule has 18 heavy (non-hydrogen) atoms. The predicted molar refractivity (Wildman–Crippen MR) is 72.5 cm³/mol. The van der Waals surface area contributed by atoms with Crippen molar-refractivity contribution in [3.05, 3.63) is 23.8 Å². The SMILES string of the molecule is Cn1ccc2c(C3CCCC3)nc(CCN)nc21. The lowest BCUT2D eigenvalue weighted by Gasteiger charge is -2.12. The molecule has 0 aliphatic heterocycles. The van der Waals surface area contributed by atoms with Gasteiger partial charge in [-0.3, -0.25) is 0 Å². The molecule has 1 saturated carbocycles. The van der Waals surface area contributed by atoms with Gasteiger partial charge in [-0.15, -0.1) is 0 Å². The van der Waals surface area contributed by atoms with E-state index in [-0.39, 0.29) is 0 Å². The smallest absolute Gasteiger partial charge is 0.143 e. The van der Waals surface area contributed by atoms with E-state index in [4.69, 9.17) is 10.7 Å². The molecule has 1 aliphatic carbocycles. The predicted octanol–water partition coefficient (Wildman–Crippen LogP) is 2.13. The molecule has 2 aromatic heterocycles. The van der Waals surface area contributed by atoms with Crippen LogP contribution in [-0.4, -0.2) is 21.1 Å². The number of aryl methyl sites for hydroxylation is 1. The van der Waals surface area contributed by atoms with Crippen LogP contribution >= 0.6 is 0 Å². The number of nitrogens with zero attached hydrogens (tertiary/aromatic N) is 3. The van der Waals surface area contributed by atoms with Crippen LogP contribution in [0.4, 0.5) is 0 Å². The number of rotatable bonds is 3. The molecule has 0 unspecified atom stereocenters. The van der Waals surface area contributed by atoms with Crippen molar-refractivity contribution in [3.8, 4) is 0 Å². The Labute approximate surface area is 107 Å². The molecule has 1 fully saturated rings. The second-order valence-electron chi connectivity index (χ2n) is 5.21. The van der Waals surface area contributed by atoms with Gasteiger partial charge in [0.1, 0.15) is 11.5 Å². The van der Waals surface area contributed by atoms with Crippen molar-refractivity contribution < 1.29 is 0 Å². The van der Waals surface area contributed by atoms with Gasteiger partial charge in [0.25, 0.3) is 0 Å². The van der Waals surface area contributed by atoms with E-state index in [9.17, 15) is 0 Å². The van der Waals surface area contributed by atoms with Crippen LogP contribution in [0.25, 0.3) is 11.0 Å². The molecular formula is C14H20N4. The quantitative estimate of drug-likeness (QED) is 0.899. The second kappa shape index (κ2) is 4.69. The van der Waals surface area contributed by atoms with Gasteiger partial charge in [0, 0.05) is 31.0 Å². The number of fused-ring (bicyclic) bond motifs is 1. The minimum absolute atomic E-state index is 0.611. The fraction of sp³-hybridized carbons (Fsp3) is 0.571. The van der Waals surface area contributed by atoms with Crippen molar-refractivity contribution in [1.82, 2.24) is 14.5 Å². The number of aromatic nitrogens is 3. The second-order valence-corrected chi connectivity index (χ2v) is 5.21. The lowest BCUT2D eigenvalue weighted by Crippen LogP contribution is -2.10. The highest BCUT2D eigenvalue weighted by atomic mass is 15.0. The van der Waals surface area contributed by atoms with Crippen molar-refractivity contribution >= 4 is 11.0 Å². The molecule has 0 aromatic carbocycles. The maximum Gasteiger partial charge on any atom is 0.143 e. The Hall–Kier alpha value is -1.42. The summed E-state index contributed by atoms with van der Waals surface area (Å²) in [7, 11) is 2.04. The first-order chi connectivity index (χ1) is 8.79. The number of hydrogen-bond acceptors (Lipinski definition) is 3. The molecule has 2 heterocycles. The van der Waals surface area contributed by atoms with E-state index >= 15 is 0 Å². The van der Waals surface area contributed by atoms with Crippen LogP contribution in [0.5, 0.6) is 0 Å². The number of hydrogen-bond donors (Lipinski definition) is 1. The van der Waals surface area contributed by atoms with Gasteiger partial charge in [0.2, 0.25) is 0 Å². The standard InChI is InChI=1S/C14H20N4/c1-18-9-7-11-13(10-4-2-3-5-10)16-12(6-8-15)17-14(11)18/h7,9-10H,2-6,8,15H2,1H3. The molecule has 96 valence electrons. The lowest BCUT2D eigenvalue weighted by atomic mass is 10.0. The van der Waals surface area contributed by atoms with Crippen LogP contribution in [-0.2, 0) is 13.5 Å². The Morgan fingerprint density at radius 2 is 2.11 bits per heavy atom. The average molecular weight is 244 g/mol. The highest BCUT2D eigenvalue weighted by molar-refractivity contribution is 5.79. The lowest BCUT2D eigenvalue weighted by molar-refractivity contribution is 0.691. The Morgan fingerprint density at radius 3 is 2.83 bits per heavy atom. The van der Waals surface area contributed by atoms with Crippen molar-refractivity contribution in [1.29, 1.82) is 0 Å². The molecule has 2 aromatic rings. The summed E-state index contributed by atoms with van der Waals surface area (Å²) in [5.41, 5.74) is 7.94. The van der Waals surface area contributed by atoms with Gasteiger partial charge in [0.15, 0.2) is 0 Å². The topological polar surface area (TPSA) is 56.7 Å². The van der Waals surface area contributed by atoms with Gasteiger partial charge in [-0.05, 0) is 25.5 Å². The molecule has 0 radical (unpaired) electrons. The summed E-state index contributed by atoms with van der Waals surface area (Å²) in [6.45, 7) is 0.611. The molecule has 4 heteroatoms. The fourth-order valence-corrected chi connectivity index (χ4v) is 2.96. The van der Waals surface area contributed by atoms with Crippen LogP contribution in [0.15, 0.2) is 12.3 Å². The van der Waals surface area contributed by atoms with Crippen molar-refractivity contribution in [2.45, 2.75) is 38.0 Å². The monoisotopic (exact) mass is 244 g/mol. The largest absolute Gasteiger partial charge is 0.335 e. The minimum Gasteiger partial charge on any atom is -0.335 e. The van der Waals surface area contributed by atoms with Crippen molar-refractivity contribution in [2.24, 2.45) is 12.8 Å². The Morgan fingerprint density at radius 1 is 1.33 bits per heavy atom. The zero-order valence-electron chi connectivity index (χ0n) is 10.9. The zero-order valence-corrected chi connectivity index (χ0v) is 10.9. The Kier molecular flexibility index (Phi) is 3.04. The highest BCUT2D eigenvalue weighted by Crippen LogP contribution is 2.36. The van der Waals surface area contributed by atoms with Crippen LogP contribution < -0.4 is 5.73 Å². The van der Waals surface area contributed by atoms with E-state index in [0.29, 0.717) is 12.5 Å². The molecular weight excluding hydrogens is 224 g/mol. The average Bonchev–Trinajstić information content (AvgIpc) is 3.00. The van der Waals surface area contributed by atoms with E-state index in [1.54, 1.807) is 0 Å². The molecule has 0 amide bonds. The van der Waals surface area contributed by atoms with E-state index in [1.165, 1.54) is 36.8 Å². The van der Waals surface area contributed by atoms with E-state index in [2.05, 4.69) is 21.8 Å². The molecule has 2 N–H and O–H groups in total. The maximum atomic E-state index is 5.63. The number of nitrogens with two attached hydrogens (primary N) is 1. The molecule has 0 atom stereocenters. The van der Waals surface area contributed by atoms with Gasteiger partial charge < -0.3 is 10.3 Å². The van der Waals surface area contributed by atoms with Crippen molar-refractivity contribution in [2.75, 3.05) is 6.54 Å². The van der Waals surface area contributed by atoms with E-state index in [1.807, 2.05) is 7.05 Å². The van der Waals surface area contributed by atoms with Crippen LogP contribution in [0.2, 0.25) is 0 Å². The van der Waals surface area contributed by atoms with Gasteiger partial charge in [-0.2, -0.15) is 0 Å².